The Morgan fingerprint density at radius 2 is 1.95 bits per heavy atom. The van der Waals surface area contributed by atoms with Gasteiger partial charge < -0.3 is 5.11 Å². The number of aliphatic hydroxyl groups is 1. The molecule has 2 heterocycles. The SMILES string of the molecule is CCc1ccc(C(O)c2cc3c(s2)CCSC3)cc1CC. The molecule has 0 saturated heterocycles. The molecule has 1 N–H and O–H groups in total. The summed E-state index contributed by atoms with van der Waals surface area (Å²) in [5.41, 5.74) is 5.24. The number of fused-ring (bicyclic) bond motifs is 1. The highest BCUT2D eigenvalue weighted by Crippen LogP contribution is 2.36. The van der Waals surface area contributed by atoms with Crippen LogP contribution >= 0.6 is 23.1 Å². The van der Waals surface area contributed by atoms with Gasteiger partial charge in [0.2, 0.25) is 0 Å². The second kappa shape index (κ2) is 6.55. The van der Waals surface area contributed by atoms with Gasteiger partial charge in [-0.1, -0.05) is 32.0 Å². The van der Waals surface area contributed by atoms with E-state index < -0.39 is 6.10 Å². The van der Waals surface area contributed by atoms with E-state index in [9.17, 15) is 5.11 Å². The molecule has 112 valence electrons. The fourth-order valence-corrected chi connectivity index (χ4v) is 5.35. The van der Waals surface area contributed by atoms with Crippen molar-refractivity contribution in [2.75, 3.05) is 5.75 Å². The normalized spacial score (nSPS) is 15.8. The first-order chi connectivity index (χ1) is 10.2. The minimum atomic E-state index is -0.471. The Hall–Kier alpha value is -0.770. The van der Waals surface area contributed by atoms with Crippen LogP contribution < -0.4 is 0 Å². The Bertz CT molecular complexity index is 607. The number of aryl methyl sites for hydroxylation is 3. The summed E-state index contributed by atoms with van der Waals surface area (Å²) in [5.74, 6) is 2.32. The predicted octanol–water partition coefficient (Wildman–Crippen LogP) is 4.74. The van der Waals surface area contributed by atoms with E-state index >= 15 is 0 Å². The molecular weight excluding hydrogens is 296 g/mol. The molecule has 0 spiro atoms. The number of thiophene rings is 1. The van der Waals surface area contributed by atoms with Gasteiger partial charge in [0, 0.05) is 15.5 Å². The standard InChI is InChI=1S/C18H22OS2/c1-3-12-5-6-14(9-13(12)4-2)18(19)17-10-15-11-20-8-7-16(15)21-17/h5-6,9-10,18-19H,3-4,7-8,11H2,1-2H3. The monoisotopic (exact) mass is 318 g/mol. The van der Waals surface area contributed by atoms with Gasteiger partial charge in [0.05, 0.1) is 0 Å². The highest BCUT2D eigenvalue weighted by molar-refractivity contribution is 7.98. The lowest BCUT2D eigenvalue weighted by atomic mass is 9.97. The van der Waals surface area contributed by atoms with Crippen LogP contribution in [0.25, 0.3) is 0 Å². The third-order valence-electron chi connectivity index (χ3n) is 4.22. The quantitative estimate of drug-likeness (QED) is 0.878. The molecule has 1 nitrogen and oxygen atoms in total. The molecule has 0 aliphatic carbocycles. The zero-order valence-electron chi connectivity index (χ0n) is 12.7. The van der Waals surface area contributed by atoms with Gasteiger partial charge in [0.25, 0.3) is 0 Å². The molecule has 1 unspecified atom stereocenters. The molecule has 0 radical (unpaired) electrons. The average molecular weight is 319 g/mol. The predicted molar refractivity (Wildman–Crippen MR) is 93.4 cm³/mol. The van der Waals surface area contributed by atoms with Gasteiger partial charge >= 0.3 is 0 Å². The summed E-state index contributed by atoms with van der Waals surface area (Å²) in [5, 5.41) is 10.7. The molecule has 0 bridgehead atoms. The summed E-state index contributed by atoms with van der Waals surface area (Å²) in [4.78, 5) is 2.58. The lowest BCUT2D eigenvalue weighted by Crippen LogP contribution is -2.00. The van der Waals surface area contributed by atoms with Crippen LogP contribution in [0, 0.1) is 0 Å². The molecular formula is C18H22OS2. The van der Waals surface area contributed by atoms with Gasteiger partial charge in [-0.3, -0.25) is 0 Å². The number of hydrogen-bond acceptors (Lipinski definition) is 3. The maximum Gasteiger partial charge on any atom is 0.113 e. The number of rotatable bonds is 4. The van der Waals surface area contributed by atoms with Crippen molar-refractivity contribution in [2.24, 2.45) is 0 Å². The Morgan fingerprint density at radius 1 is 1.14 bits per heavy atom. The van der Waals surface area contributed by atoms with Gasteiger partial charge in [-0.05, 0) is 53.3 Å². The summed E-state index contributed by atoms with van der Waals surface area (Å²) in [6.45, 7) is 4.38. The summed E-state index contributed by atoms with van der Waals surface area (Å²) in [7, 11) is 0. The fraction of sp³-hybridized carbons (Fsp3) is 0.444. The van der Waals surface area contributed by atoms with E-state index in [0.29, 0.717) is 0 Å². The Labute approximate surface area is 135 Å². The Morgan fingerprint density at radius 3 is 2.67 bits per heavy atom. The van der Waals surface area contributed by atoms with Crippen LogP contribution in [0.4, 0.5) is 0 Å². The van der Waals surface area contributed by atoms with Crippen molar-refractivity contribution in [3.8, 4) is 0 Å². The van der Waals surface area contributed by atoms with Gasteiger partial charge in [-0.15, -0.1) is 11.3 Å². The molecule has 1 aromatic carbocycles. The van der Waals surface area contributed by atoms with E-state index in [4.69, 9.17) is 0 Å². The van der Waals surface area contributed by atoms with Crippen molar-refractivity contribution in [1.29, 1.82) is 0 Å². The summed E-state index contributed by atoms with van der Waals surface area (Å²) in [6.07, 6.45) is 2.78. The van der Waals surface area contributed by atoms with Crippen molar-refractivity contribution in [3.05, 3.63) is 56.3 Å². The number of thioether (sulfide) groups is 1. The third-order valence-corrected chi connectivity index (χ3v) is 6.52. The summed E-state index contributed by atoms with van der Waals surface area (Å²) < 4.78 is 0. The maximum absolute atomic E-state index is 10.7. The van der Waals surface area contributed by atoms with E-state index in [2.05, 4.69) is 38.1 Å². The fourth-order valence-electron chi connectivity index (χ4n) is 2.96. The molecule has 0 fully saturated rings. The third kappa shape index (κ3) is 3.05. The van der Waals surface area contributed by atoms with Gasteiger partial charge in [0.15, 0.2) is 0 Å². The van der Waals surface area contributed by atoms with E-state index in [1.54, 1.807) is 11.3 Å². The highest BCUT2D eigenvalue weighted by atomic mass is 32.2. The molecule has 3 heteroatoms. The van der Waals surface area contributed by atoms with Crippen molar-refractivity contribution < 1.29 is 5.11 Å². The van der Waals surface area contributed by atoms with Crippen molar-refractivity contribution in [3.63, 3.8) is 0 Å². The Balaban J connectivity index is 1.90. The maximum atomic E-state index is 10.7. The van der Waals surface area contributed by atoms with Crippen LogP contribution in [0.3, 0.4) is 0 Å². The molecule has 1 aliphatic rings. The molecule has 2 aromatic rings. The minimum absolute atomic E-state index is 0.471. The van der Waals surface area contributed by atoms with E-state index in [1.165, 1.54) is 27.3 Å². The van der Waals surface area contributed by atoms with Crippen LogP contribution in [0.15, 0.2) is 24.3 Å². The molecule has 3 rings (SSSR count). The van der Waals surface area contributed by atoms with Crippen molar-refractivity contribution in [1.82, 2.24) is 0 Å². The van der Waals surface area contributed by atoms with Crippen LogP contribution in [0.2, 0.25) is 0 Å². The smallest absolute Gasteiger partial charge is 0.113 e. The van der Waals surface area contributed by atoms with E-state index in [-0.39, 0.29) is 0 Å². The summed E-state index contributed by atoms with van der Waals surface area (Å²) >= 11 is 3.79. The molecule has 0 saturated carbocycles. The second-order valence-corrected chi connectivity index (χ2v) is 7.81. The molecule has 1 aliphatic heterocycles. The first-order valence-electron chi connectivity index (χ1n) is 7.71. The van der Waals surface area contributed by atoms with Crippen molar-refractivity contribution >= 4 is 23.1 Å². The number of benzene rings is 1. The first kappa shape index (κ1) is 15.1. The number of hydrogen-bond donors (Lipinski definition) is 1. The molecule has 0 amide bonds. The average Bonchev–Trinajstić information content (AvgIpc) is 2.97. The van der Waals surface area contributed by atoms with Crippen LogP contribution in [0.1, 0.15) is 52.0 Å². The zero-order valence-corrected chi connectivity index (χ0v) is 14.3. The molecule has 1 aromatic heterocycles. The lowest BCUT2D eigenvalue weighted by molar-refractivity contribution is 0.224. The van der Waals surface area contributed by atoms with Crippen molar-refractivity contribution in [2.45, 2.75) is 45.0 Å². The van der Waals surface area contributed by atoms with Crippen LogP contribution in [-0.2, 0) is 25.0 Å². The topological polar surface area (TPSA) is 20.2 Å². The minimum Gasteiger partial charge on any atom is -0.383 e. The number of aliphatic hydroxyl groups excluding tert-OH is 1. The van der Waals surface area contributed by atoms with E-state index in [0.717, 1.165) is 35.5 Å². The zero-order chi connectivity index (χ0) is 14.8. The summed E-state index contributed by atoms with van der Waals surface area (Å²) in [6, 6.07) is 8.68. The second-order valence-electron chi connectivity index (χ2n) is 5.54. The largest absolute Gasteiger partial charge is 0.383 e. The van der Waals surface area contributed by atoms with Gasteiger partial charge in [-0.2, -0.15) is 11.8 Å². The highest BCUT2D eigenvalue weighted by Gasteiger charge is 2.19. The molecule has 1 atom stereocenters. The molecule has 21 heavy (non-hydrogen) atoms. The van der Waals surface area contributed by atoms with Gasteiger partial charge in [0.1, 0.15) is 6.10 Å². The van der Waals surface area contributed by atoms with Crippen LogP contribution in [0.5, 0.6) is 0 Å². The Kier molecular flexibility index (Phi) is 4.72. The first-order valence-corrected chi connectivity index (χ1v) is 9.69. The van der Waals surface area contributed by atoms with Gasteiger partial charge in [-0.25, -0.2) is 0 Å². The van der Waals surface area contributed by atoms with Crippen LogP contribution in [-0.4, -0.2) is 10.9 Å². The van der Waals surface area contributed by atoms with E-state index in [1.807, 2.05) is 11.8 Å². The lowest BCUT2D eigenvalue weighted by Gasteiger charge is -2.13.